The molecule has 0 aromatic rings. The molecule has 0 saturated carbocycles. The maximum Gasteiger partial charge on any atom is 2.00 e. The van der Waals surface area contributed by atoms with Gasteiger partial charge in [0.05, 0.1) is 6.42 Å². The van der Waals surface area contributed by atoms with Crippen molar-refractivity contribution in [1.82, 2.24) is 0 Å². The number of rotatable bonds is 5. The molecule has 0 radical (unpaired) electrons. The summed E-state index contributed by atoms with van der Waals surface area (Å²) in [4.78, 5) is 30.7. The molecule has 0 aromatic heterocycles. The van der Waals surface area contributed by atoms with Crippen LogP contribution in [0.4, 0.5) is 0 Å². The summed E-state index contributed by atoms with van der Waals surface area (Å²) in [5, 5.41) is 42.6. The van der Waals surface area contributed by atoms with Crippen molar-refractivity contribution < 1.29 is 42.8 Å². The summed E-state index contributed by atoms with van der Waals surface area (Å²) in [5.41, 5.74) is -3.22. The molecule has 0 bridgehead atoms. The van der Waals surface area contributed by atoms with Gasteiger partial charge >= 0.3 is 55.6 Å². The number of hydrogen-bond acceptors (Lipinski definition) is 5. The van der Waals surface area contributed by atoms with Crippen LogP contribution < -0.4 is 0 Å². The van der Waals surface area contributed by atoms with Gasteiger partial charge in [-0.3, -0.25) is 4.79 Å². The number of aliphatic hydroxyl groups excluding tert-OH is 1. The van der Waals surface area contributed by atoms with Gasteiger partial charge in [0, 0.05) is 0 Å². The first-order chi connectivity index (χ1) is 6.21. The molecular weight excluding hydrogens is 240 g/mol. The van der Waals surface area contributed by atoms with E-state index in [2.05, 4.69) is 0 Å². The van der Waals surface area contributed by atoms with Gasteiger partial charge in [-0.05, 0) is 0 Å². The molecule has 0 aliphatic heterocycles. The van der Waals surface area contributed by atoms with Gasteiger partial charge < -0.3 is 28.4 Å². The van der Waals surface area contributed by atoms with Crippen LogP contribution in [0.3, 0.4) is 0 Å². The summed E-state index contributed by atoms with van der Waals surface area (Å²) in [6.45, 7) is 0. The zero-order chi connectivity index (χ0) is 11.5. The molecule has 0 rings (SSSR count). The quantitative estimate of drug-likeness (QED) is 0.337. The molecule has 5 N–H and O–H groups in total. The van der Waals surface area contributed by atoms with Crippen LogP contribution in [0.1, 0.15) is 9.27 Å². The van der Waals surface area contributed by atoms with Crippen molar-refractivity contribution in [2.75, 3.05) is 0 Å². The second-order valence-corrected chi connectivity index (χ2v) is 2.54. The average Bonchev–Trinajstić information content (AvgIpc) is 2.00. The van der Waals surface area contributed by atoms with E-state index in [9.17, 15) is 14.4 Å². The molecule has 9 heteroatoms. The molecule has 0 fully saturated rings. The molecule has 0 spiro atoms. The van der Waals surface area contributed by atoms with Gasteiger partial charge in [0.25, 0.3) is 0 Å². The first-order valence-corrected chi connectivity index (χ1v) is 3.30. The number of aliphatic hydroxyl groups is 2. The molecule has 0 amide bonds. The summed E-state index contributed by atoms with van der Waals surface area (Å²) in [5.74, 6) is -5.87. The van der Waals surface area contributed by atoms with E-state index in [4.69, 9.17) is 25.5 Å². The second kappa shape index (κ2) is 6.23. The van der Waals surface area contributed by atoms with Crippen LogP contribution in [0.5, 0.6) is 0 Å². The average molecular weight is 250 g/mol. The van der Waals surface area contributed by atoms with Gasteiger partial charge in [-0.25, -0.2) is 9.59 Å². The molecule has 15 heavy (non-hydrogen) atoms. The van der Waals surface area contributed by atoms with Crippen molar-refractivity contribution in [1.29, 1.82) is 0 Å². The molecule has 0 aliphatic carbocycles. The van der Waals surface area contributed by atoms with Crippen LogP contribution in [0, 0.1) is 0 Å². The normalized spacial score (nSPS) is 15.6. The molecule has 2 unspecified atom stereocenters. The van der Waals surface area contributed by atoms with Gasteiger partial charge in [0.15, 0.2) is 6.10 Å². The third kappa shape index (κ3) is 4.31. The van der Waals surface area contributed by atoms with Crippen LogP contribution in [0.15, 0.2) is 0 Å². The molecule has 2 atom stereocenters. The zero-order valence-corrected chi connectivity index (χ0v) is 9.66. The monoisotopic (exact) mass is 250 g/mol. The number of aliphatic carboxylic acids is 3. The summed E-state index contributed by atoms with van der Waals surface area (Å²) >= 11 is 0. The van der Waals surface area contributed by atoms with E-state index in [0.717, 1.165) is 0 Å². The van der Waals surface area contributed by atoms with Gasteiger partial charge in [-0.1, -0.05) is 0 Å². The minimum atomic E-state index is -3.22. The fourth-order valence-electron chi connectivity index (χ4n) is 0.724. The standard InChI is InChI=1S/C6H8O8.Ca.2H/c7-2(8)1-6(14,5(12)13)3(9)4(10)11;;;/h3,9,14H,1H2,(H,7,8)(H,10,11)(H,12,13);;;/q;+2;2*-1. The molecule has 0 saturated heterocycles. The van der Waals surface area contributed by atoms with Crippen molar-refractivity contribution in [3.8, 4) is 0 Å². The molecule has 84 valence electrons. The van der Waals surface area contributed by atoms with Crippen molar-refractivity contribution in [2.24, 2.45) is 0 Å². The van der Waals surface area contributed by atoms with Crippen molar-refractivity contribution in [3.63, 3.8) is 0 Å². The first kappa shape index (κ1) is 17.0. The topological polar surface area (TPSA) is 152 Å². The number of carboxylic acids is 3. The van der Waals surface area contributed by atoms with E-state index in [1.54, 1.807) is 0 Å². The Hall–Kier alpha value is -0.410. The smallest absolute Gasteiger partial charge is 1.00 e. The van der Waals surface area contributed by atoms with E-state index in [1.165, 1.54) is 0 Å². The van der Waals surface area contributed by atoms with E-state index in [1.807, 2.05) is 0 Å². The molecule has 0 aliphatic rings. The fourth-order valence-corrected chi connectivity index (χ4v) is 0.724. The Morgan fingerprint density at radius 1 is 1.20 bits per heavy atom. The maximum absolute atomic E-state index is 10.4. The van der Waals surface area contributed by atoms with Crippen LogP contribution in [0.25, 0.3) is 0 Å². The van der Waals surface area contributed by atoms with Crippen LogP contribution in [0.2, 0.25) is 0 Å². The fraction of sp³-hybridized carbons (Fsp3) is 0.500. The zero-order valence-electron chi connectivity index (χ0n) is 9.45. The van der Waals surface area contributed by atoms with Crippen LogP contribution in [-0.4, -0.2) is 92.9 Å². The van der Waals surface area contributed by atoms with E-state index in [0.29, 0.717) is 0 Å². The number of hydrogen-bond donors (Lipinski definition) is 5. The van der Waals surface area contributed by atoms with Crippen molar-refractivity contribution in [3.05, 3.63) is 0 Å². The molecule has 0 aromatic carbocycles. The van der Waals surface area contributed by atoms with Gasteiger partial charge in [-0.2, -0.15) is 0 Å². The van der Waals surface area contributed by atoms with E-state index in [-0.39, 0.29) is 40.6 Å². The van der Waals surface area contributed by atoms with Crippen molar-refractivity contribution in [2.45, 2.75) is 18.1 Å². The Balaban J connectivity index is -0.000000282. The summed E-state index contributed by atoms with van der Waals surface area (Å²) in [6.07, 6.45) is -4.11. The molecule has 8 nitrogen and oxygen atoms in total. The minimum absolute atomic E-state index is 0. The Kier molecular flexibility index (Phi) is 7.06. The molecular formula is C6H10CaO8. The van der Waals surface area contributed by atoms with Crippen LogP contribution in [-0.2, 0) is 14.4 Å². The molecule has 0 heterocycles. The van der Waals surface area contributed by atoms with Gasteiger partial charge in [0.2, 0.25) is 5.60 Å². The third-order valence-electron chi connectivity index (χ3n) is 1.48. The summed E-state index contributed by atoms with van der Waals surface area (Å²) < 4.78 is 0. The second-order valence-electron chi connectivity index (χ2n) is 2.54. The van der Waals surface area contributed by atoms with E-state index >= 15 is 0 Å². The Morgan fingerprint density at radius 2 is 1.60 bits per heavy atom. The van der Waals surface area contributed by atoms with Crippen LogP contribution >= 0.6 is 0 Å². The summed E-state index contributed by atoms with van der Waals surface area (Å²) in [6, 6.07) is 0. The maximum atomic E-state index is 10.4. The SMILES string of the molecule is O=C(O)CC(O)(C(=O)O)C(O)C(=O)O.[Ca+2].[H-].[H-]. The Labute approximate surface area is 116 Å². The minimum Gasteiger partial charge on any atom is -1.00 e. The van der Waals surface area contributed by atoms with Gasteiger partial charge in [0.1, 0.15) is 0 Å². The predicted octanol–water partition coefficient (Wildman–Crippen LogP) is -2.43. The largest absolute Gasteiger partial charge is 2.00 e. The number of carboxylic acid groups (broad SMARTS) is 3. The first-order valence-electron chi connectivity index (χ1n) is 3.30. The Bertz CT molecular complexity index is 285. The van der Waals surface area contributed by atoms with Crippen molar-refractivity contribution >= 4 is 55.6 Å². The Morgan fingerprint density at radius 3 is 1.80 bits per heavy atom. The summed E-state index contributed by atoms with van der Waals surface area (Å²) in [7, 11) is 0. The predicted molar refractivity (Wildman–Crippen MR) is 46.5 cm³/mol. The van der Waals surface area contributed by atoms with Gasteiger partial charge in [-0.15, -0.1) is 0 Å². The number of carbonyl (C=O) groups is 3. The van der Waals surface area contributed by atoms with E-state index < -0.39 is 36.0 Å². The third-order valence-corrected chi connectivity index (χ3v) is 1.48.